The van der Waals surface area contributed by atoms with E-state index in [2.05, 4.69) is 16.9 Å². The molecule has 0 saturated carbocycles. The monoisotopic (exact) mass is 277 g/mol. The molecule has 5 nitrogen and oxygen atoms in total. The van der Waals surface area contributed by atoms with Crippen molar-refractivity contribution in [1.29, 1.82) is 0 Å². The van der Waals surface area contributed by atoms with Gasteiger partial charge in [-0.25, -0.2) is 9.78 Å². The Morgan fingerprint density at radius 2 is 2.25 bits per heavy atom. The molecule has 0 aliphatic carbocycles. The summed E-state index contributed by atoms with van der Waals surface area (Å²) in [7, 11) is 4.06. The maximum absolute atomic E-state index is 11.5. The molecule has 110 valence electrons. The zero-order valence-electron chi connectivity index (χ0n) is 12.7. The fourth-order valence-corrected chi connectivity index (χ4v) is 3.01. The smallest absolute Gasteiger partial charge is 0.339 e. The lowest BCUT2D eigenvalue weighted by molar-refractivity contribution is 0.0696. The van der Waals surface area contributed by atoms with E-state index in [1.54, 1.807) is 0 Å². The Hall–Kier alpha value is -1.62. The number of nitrogens with zero attached hydrogens (tertiary/aromatic N) is 3. The van der Waals surface area contributed by atoms with Crippen LogP contribution in [0.1, 0.15) is 28.0 Å². The lowest BCUT2D eigenvalue weighted by Gasteiger charge is -2.24. The second-order valence-corrected chi connectivity index (χ2v) is 5.88. The summed E-state index contributed by atoms with van der Waals surface area (Å²) in [6, 6.07) is 1.82. The van der Waals surface area contributed by atoms with Gasteiger partial charge in [-0.05, 0) is 51.4 Å². The maximum atomic E-state index is 11.5. The van der Waals surface area contributed by atoms with Crippen molar-refractivity contribution in [2.75, 3.05) is 38.6 Å². The van der Waals surface area contributed by atoms with Gasteiger partial charge in [0.25, 0.3) is 0 Å². The minimum absolute atomic E-state index is 0.324. The molecule has 2 rings (SSSR count). The van der Waals surface area contributed by atoms with E-state index in [4.69, 9.17) is 0 Å². The van der Waals surface area contributed by atoms with Crippen LogP contribution in [0.5, 0.6) is 0 Å². The molecule has 1 saturated heterocycles. The number of pyridine rings is 1. The van der Waals surface area contributed by atoms with Gasteiger partial charge in [0.2, 0.25) is 0 Å². The van der Waals surface area contributed by atoms with E-state index in [1.807, 2.05) is 31.9 Å². The van der Waals surface area contributed by atoms with Gasteiger partial charge in [0.15, 0.2) is 0 Å². The van der Waals surface area contributed by atoms with Crippen LogP contribution in [0, 0.1) is 19.8 Å². The SMILES string of the molecule is Cc1cc(C)c(C(=O)O)c(N(C)CC2CCN(C)C2)n1. The van der Waals surface area contributed by atoms with Gasteiger partial charge in [0.1, 0.15) is 11.4 Å². The number of carboxylic acid groups (broad SMARTS) is 1. The number of hydrogen-bond donors (Lipinski definition) is 1. The van der Waals surface area contributed by atoms with Crippen LogP contribution in [-0.2, 0) is 0 Å². The zero-order valence-corrected chi connectivity index (χ0v) is 12.7. The molecule has 1 N–H and O–H groups in total. The van der Waals surface area contributed by atoms with Crippen LogP contribution in [0.4, 0.5) is 5.82 Å². The molecule has 1 aliphatic heterocycles. The Kier molecular flexibility index (Phi) is 4.28. The molecule has 1 fully saturated rings. The van der Waals surface area contributed by atoms with E-state index in [0.717, 1.165) is 37.3 Å². The van der Waals surface area contributed by atoms with Gasteiger partial charge in [0, 0.05) is 25.8 Å². The van der Waals surface area contributed by atoms with E-state index >= 15 is 0 Å². The first-order valence-electron chi connectivity index (χ1n) is 6.99. The molecule has 1 aliphatic rings. The van der Waals surface area contributed by atoms with Crippen LogP contribution in [0.3, 0.4) is 0 Å². The van der Waals surface area contributed by atoms with Gasteiger partial charge in [-0.1, -0.05) is 0 Å². The molecule has 0 radical (unpaired) electrons. The standard InChI is InChI=1S/C15H23N3O2/c1-10-7-11(2)16-14(13(10)15(19)20)18(4)9-12-5-6-17(3)8-12/h7,12H,5-6,8-9H2,1-4H3,(H,19,20). The number of hydrogen-bond acceptors (Lipinski definition) is 4. The van der Waals surface area contributed by atoms with Crippen molar-refractivity contribution >= 4 is 11.8 Å². The molecule has 1 aromatic rings. The number of carboxylic acids is 1. The summed E-state index contributed by atoms with van der Waals surface area (Å²) >= 11 is 0. The van der Waals surface area contributed by atoms with Crippen LogP contribution >= 0.6 is 0 Å². The summed E-state index contributed by atoms with van der Waals surface area (Å²) in [5.74, 6) is 0.263. The second kappa shape index (κ2) is 5.79. The summed E-state index contributed by atoms with van der Waals surface area (Å²) in [5, 5.41) is 9.41. The van der Waals surface area contributed by atoms with E-state index in [-0.39, 0.29) is 0 Å². The van der Waals surface area contributed by atoms with Crippen molar-refractivity contribution < 1.29 is 9.90 Å². The van der Waals surface area contributed by atoms with Crippen molar-refractivity contribution in [2.24, 2.45) is 5.92 Å². The molecular formula is C15H23N3O2. The number of aryl methyl sites for hydroxylation is 2. The number of aromatic nitrogens is 1. The highest BCUT2D eigenvalue weighted by Crippen LogP contribution is 2.24. The molecule has 1 atom stereocenters. The molecule has 20 heavy (non-hydrogen) atoms. The lowest BCUT2D eigenvalue weighted by Crippen LogP contribution is -2.29. The van der Waals surface area contributed by atoms with Crippen LogP contribution in [0.2, 0.25) is 0 Å². The van der Waals surface area contributed by atoms with Crippen LogP contribution in [0.15, 0.2) is 6.07 Å². The van der Waals surface area contributed by atoms with Crippen LogP contribution in [0.25, 0.3) is 0 Å². The van der Waals surface area contributed by atoms with Gasteiger partial charge in [0.05, 0.1) is 0 Å². The van der Waals surface area contributed by atoms with Crippen molar-refractivity contribution in [3.63, 3.8) is 0 Å². The topological polar surface area (TPSA) is 56.7 Å². The van der Waals surface area contributed by atoms with Gasteiger partial charge in [-0.15, -0.1) is 0 Å². The second-order valence-electron chi connectivity index (χ2n) is 5.88. The van der Waals surface area contributed by atoms with E-state index in [1.165, 1.54) is 0 Å². The quantitative estimate of drug-likeness (QED) is 0.909. The molecular weight excluding hydrogens is 254 g/mol. The fourth-order valence-electron chi connectivity index (χ4n) is 3.01. The van der Waals surface area contributed by atoms with Gasteiger partial charge in [-0.2, -0.15) is 0 Å². The molecule has 5 heteroatoms. The van der Waals surface area contributed by atoms with Gasteiger partial charge >= 0.3 is 5.97 Å². The van der Waals surface area contributed by atoms with E-state index in [0.29, 0.717) is 17.3 Å². The fraction of sp³-hybridized carbons (Fsp3) is 0.600. The lowest BCUT2D eigenvalue weighted by atomic mass is 10.1. The third-order valence-electron chi connectivity index (χ3n) is 3.92. The Balaban J connectivity index is 2.24. The Morgan fingerprint density at radius 3 is 2.80 bits per heavy atom. The summed E-state index contributed by atoms with van der Waals surface area (Å²) in [5.41, 5.74) is 1.96. The molecule has 1 unspecified atom stereocenters. The number of anilines is 1. The summed E-state index contributed by atoms with van der Waals surface area (Å²) in [6.07, 6.45) is 1.16. The average molecular weight is 277 g/mol. The average Bonchev–Trinajstić information content (AvgIpc) is 2.72. The van der Waals surface area contributed by atoms with Crippen LogP contribution < -0.4 is 4.90 Å². The first-order chi connectivity index (χ1) is 9.38. The number of rotatable bonds is 4. The van der Waals surface area contributed by atoms with Gasteiger partial charge < -0.3 is 14.9 Å². The van der Waals surface area contributed by atoms with Crippen LogP contribution in [-0.4, -0.2) is 54.7 Å². The first-order valence-corrected chi connectivity index (χ1v) is 6.99. The Bertz CT molecular complexity index is 516. The highest BCUT2D eigenvalue weighted by Gasteiger charge is 2.24. The molecule has 1 aromatic heterocycles. The predicted octanol–water partition coefficient (Wildman–Crippen LogP) is 1.78. The Labute approximate surface area is 120 Å². The highest BCUT2D eigenvalue weighted by molar-refractivity contribution is 5.95. The minimum atomic E-state index is -0.902. The summed E-state index contributed by atoms with van der Waals surface area (Å²) in [6.45, 7) is 6.76. The normalized spacial score (nSPS) is 19.3. The molecule has 0 bridgehead atoms. The van der Waals surface area contributed by atoms with Crippen molar-refractivity contribution in [1.82, 2.24) is 9.88 Å². The maximum Gasteiger partial charge on any atom is 0.339 e. The van der Waals surface area contributed by atoms with Gasteiger partial charge in [-0.3, -0.25) is 0 Å². The van der Waals surface area contributed by atoms with E-state index in [9.17, 15) is 9.90 Å². The predicted molar refractivity (Wildman–Crippen MR) is 79.5 cm³/mol. The third-order valence-corrected chi connectivity index (χ3v) is 3.92. The molecule has 2 heterocycles. The number of carbonyl (C=O) groups is 1. The minimum Gasteiger partial charge on any atom is -0.478 e. The number of likely N-dealkylation sites (tertiary alicyclic amines) is 1. The largest absolute Gasteiger partial charge is 0.478 e. The molecule has 0 spiro atoms. The van der Waals surface area contributed by atoms with E-state index < -0.39 is 5.97 Å². The zero-order chi connectivity index (χ0) is 14.9. The van der Waals surface area contributed by atoms with Crippen molar-refractivity contribution in [3.8, 4) is 0 Å². The molecule has 0 aromatic carbocycles. The van der Waals surface area contributed by atoms with Crippen molar-refractivity contribution in [2.45, 2.75) is 20.3 Å². The third kappa shape index (κ3) is 3.10. The Morgan fingerprint density at radius 1 is 1.55 bits per heavy atom. The number of aromatic carboxylic acids is 1. The highest BCUT2D eigenvalue weighted by atomic mass is 16.4. The summed E-state index contributed by atoms with van der Waals surface area (Å²) < 4.78 is 0. The summed E-state index contributed by atoms with van der Waals surface area (Å²) in [4.78, 5) is 20.2. The first kappa shape index (κ1) is 14.8. The molecule has 0 amide bonds. The van der Waals surface area contributed by atoms with Crippen molar-refractivity contribution in [3.05, 3.63) is 22.9 Å².